The second-order valence-corrected chi connectivity index (χ2v) is 6.16. The number of aryl methyl sites for hydroxylation is 1. The Morgan fingerprint density at radius 2 is 2.00 bits per heavy atom. The van der Waals surface area contributed by atoms with Crippen LogP contribution in [0.15, 0.2) is 30.7 Å². The van der Waals surface area contributed by atoms with Crippen LogP contribution in [-0.4, -0.2) is 46.1 Å². The predicted molar refractivity (Wildman–Crippen MR) is 89.2 cm³/mol. The SMILES string of the molecule is Cc1ncncc1Oc1ccc(F)cc1C(=O)N1[C@H](C)COC[C@@H]1C. The minimum atomic E-state index is -0.495. The zero-order chi connectivity index (χ0) is 18.0. The van der Waals surface area contributed by atoms with Crippen LogP contribution in [-0.2, 0) is 4.74 Å². The summed E-state index contributed by atoms with van der Waals surface area (Å²) in [5.41, 5.74) is 0.801. The van der Waals surface area contributed by atoms with Crippen molar-refractivity contribution < 1.29 is 18.7 Å². The molecule has 0 N–H and O–H groups in total. The van der Waals surface area contributed by atoms with Gasteiger partial charge in [-0.2, -0.15) is 0 Å². The summed E-state index contributed by atoms with van der Waals surface area (Å²) >= 11 is 0. The fourth-order valence-corrected chi connectivity index (χ4v) is 2.90. The fraction of sp³-hybridized carbons (Fsp3) is 0.389. The molecular formula is C18H20FN3O3. The van der Waals surface area contributed by atoms with Crippen LogP contribution in [0.3, 0.4) is 0 Å². The molecule has 0 aliphatic carbocycles. The van der Waals surface area contributed by atoms with Crippen molar-refractivity contribution in [3.63, 3.8) is 0 Å². The van der Waals surface area contributed by atoms with E-state index in [1.165, 1.54) is 30.7 Å². The summed E-state index contributed by atoms with van der Waals surface area (Å²) in [6.45, 7) is 6.49. The molecule has 7 heteroatoms. The number of benzene rings is 1. The Kier molecular flexibility index (Phi) is 4.94. The first kappa shape index (κ1) is 17.3. The van der Waals surface area contributed by atoms with E-state index in [1.807, 2.05) is 13.8 Å². The molecule has 1 saturated heterocycles. The molecule has 0 bridgehead atoms. The van der Waals surface area contributed by atoms with Gasteiger partial charge in [-0.25, -0.2) is 14.4 Å². The molecule has 0 spiro atoms. The minimum Gasteiger partial charge on any atom is -0.453 e. The second-order valence-electron chi connectivity index (χ2n) is 6.16. The fourth-order valence-electron chi connectivity index (χ4n) is 2.90. The van der Waals surface area contributed by atoms with E-state index >= 15 is 0 Å². The quantitative estimate of drug-likeness (QED) is 0.856. The maximum absolute atomic E-state index is 13.8. The van der Waals surface area contributed by atoms with Crippen LogP contribution in [0.5, 0.6) is 11.5 Å². The third-order valence-electron chi connectivity index (χ3n) is 4.16. The molecule has 0 radical (unpaired) electrons. The largest absolute Gasteiger partial charge is 0.453 e. The van der Waals surface area contributed by atoms with Crippen LogP contribution in [0.25, 0.3) is 0 Å². The van der Waals surface area contributed by atoms with Gasteiger partial charge in [-0.15, -0.1) is 0 Å². The molecule has 1 aromatic heterocycles. The molecule has 6 nitrogen and oxygen atoms in total. The van der Waals surface area contributed by atoms with Crippen molar-refractivity contribution in [1.82, 2.24) is 14.9 Å². The van der Waals surface area contributed by atoms with Gasteiger partial charge in [0.2, 0.25) is 0 Å². The van der Waals surface area contributed by atoms with Crippen LogP contribution in [0.4, 0.5) is 4.39 Å². The molecule has 25 heavy (non-hydrogen) atoms. The molecule has 1 aliphatic heterocycles. The van der Waals surface area contributed by atoms with Crippen LogP contribution >= 0.6 is 0 Å². The predicted octanol–water partition coefficient (Wildman–Crippen LogP) is 2.97. The highest BCUT2D eigenvalue weighted by molar-refractivity contribution is 5.97. The Morgan fingerprint density at radius 3 is 2.68 bits per heavy atom. The zero-order valence-corrected chi connectivity index (χ0v) is 14.4. The lowest BCUT2D eigenvalue weighted by Crippen LogP contribution is -2.52. The number of morpholine rings is 1. The third-order valence-corrected chi connectivity index (χ3v) is 4.16. The van der Waals surface area contributed by atoms with E-state index in [4.69, 9.17) is 9.47 Å². The van der Waals surface area contributed by atoms with Crippen molar-refractivity contribution in [3.05, 3.63) is 47.8 Å². The summed E-state index contributed by atoms with van der Waals surface area (Å²) in [5.74, 6) is -0.0842. The van der Waals surface area contributed by atoms with Crippen molar-refractivity contribution in [2.24, 2.45) is 0 Å². The Hall–Kier alpha value is -2.54. The lowest BCUT2D eigenvalue weighted by atomic mass is 10.1. The highest BCUT2D eigenvalue weighted by Crippen LogP contribution is 2.29. The van der Waals surface area contributed by atoms with Crippen LogP contribution in [0.2, 0.25) is 0 Å². The van der Waals surface area contributed by atoms with Crippen LogP contribution in [0.1, 0.15) is 29.9 Å². The van der Waals surface area contributed by atoms with Crippen molar-refractivity contribution in [2.45, 2.75) is 32.9 Å². The normalized spacial score (nSPS) is 20.4. The van der Waals surface area contributed by atoms with E-state index < -0.39 is 5.82 Å². The number of carbonyl (C=O) groups is 1. The Bertz CT molecular complexity index is 774. The van der Waals surface area contributed by atoms with E-state index in [2.05, 4.69) is 9.97 Å². The van der Waals surface area contributed by atoms with Gasteiger partial charge in [0.1, 0.15) is 17.9 Å². The minimum absolute atomic E-state index is 0.103. The van der Waals surface area contributed by atoms with Crippen molar-refractivity contribution >= 4 is 5.91 Å². The Morgan fingerprint density at radius 1 is 1.28 bits per heavy atom. The number of nitrogens with zero attached hydrogens (tertiary/aromatic N) is 3. The van der Waals surface area contributed by atoms with Crippen LogP contribution in [0, 0.1) is 12.7 Å². The van der Waals surface area contributed by atoms with Gasteiger partial charge in [-0.3, -0.25) is 4.79 Å². The molecule has 2 heterocycles. The molecule has 2 aromatic rings. The number of halogens is 1. The van der Waals surface area contributed by atoms with Crippen LogP contribution < -0.4 is 4.74 Å². The molecule has 2 atom stereocenters. The van der Waals surface area contributed by atoms with Gasteiger partial charge < -0.3 is 14.4 Å². The maximum atomic E-state index is 13.8. The monoisotopic (exact) mass is 345 g/mol. The number of ether oxygens (including phenoxy) is 2. The number of rotatable bonds is 3. The maximum Gasteiger partial charge on any atom is 0.258 e. The van der Waals surface area contributed by atoms with Gasteiger partial charge in [0.25, 0.3) is 5.91 Å². The van der Waals surface area contributed by atoms with Gasteiger partial charge in [-0.1, -0.05) is 0 Å². The van der Waals surface area contributed by atoms with Gasteiger partial charge in [-0.05, 0) is 39.0 Å². The molecule has 0 saturated carbocycles. The molecule has 1 amide bonds. The molecule has 0 unspecified atom stereocenters. The summed E-state index contributed by atoms with van der Waals surface area (Å²) in [7, 11) is 0. The van der Waals surface area contributed by atoms with E-state index in [1.54, 1.807) is 11.8 Å². The Labute approximate surface area is 145 Å². The number of amides is 1. The Balaban J connectivity index is 1.96. The van der Waals surface area contributed by atoms with E-state index in [9.17, 15) is 9.18 Å². The number of hydrogen-bond donors (Lipinski definition) is 0. The first-order chi connectivity index (χ1) is 12.0. The third kappa shape index (κ3) is 3.61. The molecule has 1 aromatic carbocycles. The lowest BCUT2D eigenvalue weighted by Gasteiger charge is -2.39. The molecule has 132 valence electrons. The highest BCUT2D eigenvalue weighted by Gasteiger charge is 2.32. The van der Waals surface area contributed by atoms with Gasteiger partial charge >= 0.3 is 0 Å². The molecular weight excluding hydrogens is 325 g/mol. The van der Waals surface area contributed by atoms with Gasteiger partial charge in [0.15, 0.2) is 5.75 Å². The standard InChI is InChI=1S/C18H20FN3O3/c1-11-8-24-9-12(2)22(11)18(23)15-6-14(19)4-5-16(15)25-17-7-20-10-21-13(17)3/h4-7,10-12H,8-9H2,1-3H3/t11-,12+. The summed E-state index contributed by atoms with van der Waals surface area (Å²) < 4.78 is 25.1. The highest BCUT2D eigenvalue weighted by atomic mass is 19.1. The van der Waals surface area contributed by atoms with E-state index in [-0.39, 0.29) is 29.3 Å². The number of aromatic nitrogens is 2. The lowest BCUT2D eigenvalue weighted by molar-refractivity contribution is -0.0250. The van der Waals surface area contributed by atoms with Gasteiger partial charge in [0.05, 0.1) is 42.8 Å². The summed E-state index contributed by atoms with van der Waals surface area (Å²) in [4.78, 5) is 22.8. The molecule has 1 fully saturated rings. The summed E-state index contributed by atoms with van der Waals surface area (Å²) in [5, 5.41) is 0. The van der Waals surface area contributed by atoms with E-state index in [0.717, 1.165) is 0 Å². The second kappa shape index (κ2) is 7.14. The number of hydrogen-bond acceptors (Lipinski definition) is 5. The summed E-state index contributed by atoms with van der Waals surface area (Å²) in [6.07, 6.45) is 2.93. The van der Waals surface area contributed by atoms with Crippen molar-refractivity contribution in [3.8, 4) is 11.5 Å². The first-order valence-corrected chi connectivity index (χ1v) is 8.11. The average molecular weight is 345 g/mol. The topological polar surface area (TPSA) is 64.6 Å². The smallest absolute Gasteiger partial charge is 0.258 e. The zero-order valence-electron chi connectivity index (χ0n) is 14.4. The van der Waals surface area contributed by atoms with E-state index in [0.29, 0.717) is 24.7 Å². The molecule has 3 rings (SSSR count). The molecule has 1 aliphatic rings. The van der Waals surface area contributed by atoms with Crippen molar-refractivity contribution in [1.29, 1.82) is 0 Å². The number of carbonyl (C=O) groups excluding carboxylic acids is 1. The average Bonchev–Trinajstić information content (AvgIpc) is 2.58. The van der Waals surface area contributed by atoms with Crippen molar-refractivity contribution in [2.75, 3.05) is 13.2 Å². The van der Waals surface area contributed by atoms with Gasteiger partial charge in [0, 0.05) is 0 Å². The summed E-state index contributed by atoms with van der Waals surface area (Å²) in [6, 6.07) is 3.71. The first-order valence-electron chi connectivity index (χ1n) is 8.11.